The molecule has 0 bridgehead atoms. The van der Waals surface area contributed by atoms with E-state index in [1.54, 1.807) is 6.92 Å². The van der Waals surface area contributed by atoms with Crippen molar-refractivity contribution in [1.29, 1.82) is 0 Å². The summed E-state index contributed by atoms with van der Waals surface area (Å²) in [5, 5.41) is 47.8. The predicted octanol–water partition coefficient (Wildman–Crippen LogP) is 1.99. The van der Waals surface area contributed by atoms with E-state index >= 15 is 0 Å². The molecule has 6 atom stereocenters. The highest BCUT2D eigenvalue weighted by Crippen LogP contribution is 2.52. The molecule has 0 aromatic heterocycles. The third kappa shape index (κ3) is 5.07. The number of benzene rings is 2. The largest absolute Gasteiger partial charge is 0.507 e. The lowest BCUT2D eigenvalue weighted by atomic mass is 9.72. The fourth-order valence-corrected chi connectivity index (χ4v) is 6.27. The number of aliphatic hydroxyl groups excluding tert-OH is 1. The van der Waals surface area contributed by atoms with Crippen molar-refractivity contribution in [3.05, 3.63) is 51.6 Å². The molecule has 230 valence electrons. The van der Waals surface area contributed by atoms with Gasteiger partial charge in [-0.3, -0.25) is 19.2 Å². The standard InChI is InChI=1S/C31H35NO11/c1-5-7-20(34)32-17-10-21(42-13(2)26(17)35)43-19-12-31(40,14(3)33)11-16-23(19)30(39)25-24(28(16)37)27(36)15-8-6-9-18(41-4)22(15)29(25)38/h6,8-9,13,17,19,21,26,35,37,39-40H,5,7,10-12H2,1-4H3,(H,32,34)/t13-,17+,19-,21-,26+,31+/m1/s1. The molecule has 1 saturated heterocycles. The van der Waals surface area contributed by atoms with Gasteiger partial charge in [-0.15, -0.1) is 0 Å². The first-order chi connectivity index (χ1) is 20.3. The van der Waals surface area contributed by atoms with Crippen LogP contribution in [0.15, 0.2) is 18.2 Å². The van der Waals surface area contributed by atoms with Gasteiger partial charge in [0, 0.05) is 42.4 Å². The zero-order valence-electron chi connectivity index (χ0n) is 24.3. The van der Waals surface area contributed by atoms with Crippen molar-refractivity contribution in [2.75, 3.05) is 7.11 Å². The fourth-order valence-electron chi connectivity index (χ4n) is 6.27. The minimum atomic E-state index is -2.05. The number of nitrogens with one attached hydrogen (secondary N) is 1. The van der Waals surface area contributed by atoms with Gasteiger partial charge in [0.25, 0.3) is 0 Å². The minimum absolute atomic E-state index is 0.00896. The summed E-state index contributed by atoms with van der Waals surface area (Å²) in [6, 6.07) is 3.67. The summed E-state index contributed by atoms with van der Waals surface area (Å²) in [4.78, 5) is 52.3. The Kier molecular flexibility index (Phi) is 8.07. The Morgan fingerprint density at radius 2 is 1.81 bits per heavy atom. The van der Waals surface area contributed by atoms with Gasteiger partial charge in [0.05, 0.1) is 42.0 Å². The molecule has 5 N–H and O–H groups in total. The summed E-state index contributed by atoms with van der Waals surface area (Å²) in [7, 11) is 1.33. The first kappa shape index (κ1) is 30.6. The summed E-state index contributed by atoms with van der Waals surface area (Å²) < 4.78 is 17.3. The number of aromatic hydroxyl groups is 2. The van der Waals surface area contributed by atoms with Crippen LogP contribution in [0.2, 0.25) is 0 Å². The van der Waals surface area contributed by atoms with E-state index in [0.29, 0.717) is 6.42 Å². The smallest absolute Gasteiger partial charge is 0.220 e. The Labute approximate surface area is 247 Å². The highest BCUT2D eigenvalue weighted by molar-refractivity contribution is 6.31. The van der Waals surface area contributed by atoms with Crippen LogP contribution in [0.3, 0.4) is 0 Å². The quantitative estimate of drug-likeness (QED) is 0.251. The molecule has 0 saturated carbocycles. The SMILES string of the molecule is CCCC(=O)N[C@H]1C[C@@H](O[C@@H]2C[C@](O)(C(C)=O)Cc3c(O)c4c(c(O)c32)C(=O)c2c(OC)cccc2C4=O)O[C@H](C)[C@@H]1O. The first-order valence-electron chi connectivity index (χ1n) is 14.2. The number of hydrogen-bond donors (Lipinski definition) is 5. The van der Waals surface area contributed by atoms with E-state index in [1.807, 2.05) is 6.92 Å². The molecule has 12 nitrogen and oxygen atoms in total. The second-order valence-corrected chi connectivity index (χ2v) is 11.4. The average Bonchev–Trinajstić information content (AvgIpc) is 2.95. The number of rotatable bonds is 7. The van der Waals surface area contributed by atoms with E-state index in [-0.39, 0.29) is 53.2 Å². The number of carbonyl (C=O) groups is 4. The van der Waals surface area contributed by atoms with Crippen LogP contribution in [0.4, 0.5) is 0 Å². The maximum absolute atomic E-state index is 13.8. The van der Waals surface area contributed by atoms with Gasteiger partial charge in [-0.1, -0.05) is 19.1 Å². The van der Waals surface area contributed by atoms with E-state index in [2.05, 4.69) is 5.32 Å². The van der Waals surface area contributed by atoms with Crippen LogP contribution < -0.4 is 10.1 Å². The molecular weight excluding hydrogens is 562 g/mol. The van der Waals surface area contributed by atoms with Crippen LogP contribution in [0.25, 0.3) is 0 Å². The van der Waals surface area contributed by atoms with Gasteiger partial charge in [-0.05, 0) is 26.3 Å². The lowest BCUT2D eigenvalue weighted by Gasteiger charge is -2.42. The van der Waals surface area contributed by atoms with Crippen molar-refractivity contribution >= 4 is 23.3 Å². The molecular formula is C31H35NO11. The molecule has 1 aliphatic heterocycles. The fraction of sp³-hybridized carbons (Fsp3) is 0.484. The molecule has 1 heterocycles. The number of carbonyl (C=O) groups excluding carboxylic acids is 4. The summed E-state index contributed by atoms with van der Waals surface area (Å²) in [6.07, 6.45) is -4.18. The Morgan fingerprint density at radius 1 is 1.12 bits per heavy atom. The molecule has 2 aromatic rings. The molecule has 1 amide bonds. The van der Waals surface area contributed by atoms with Crippen molar-refractivity contribution in [1.82, 2.24) is 5.32 Å². The van der Waals surface area contributed by atoms with Gasteiger partial charge in [-0.25, -0.2) is 0 Å². The number of fused-ring (bicyclic) bond motifs is 3. The molecule has 0 unspecified atom stereocenters. The van der Waals surface area contributed by atoms with Crippen LogP contribution in [0, 0.1) is 0 Å². The van der Waals surface area contributed by atoms with Crippen LogP contribution in [-0.4, -0.2) is 80.9 Å². The number of aliphatic hydroxyl groups is 2. The Bertz CT molecular complexity index is 1520. The van der Waals surface area contributed by atoms with E-state index in [1.165, 1.54) is 32.2 Å². The molecule has 2 aromatic carbocycles. The van der Waals surface area contributed by atoms with Crippen LogP contribution in [0.1, 0.15) is 95.5 Å². The van der Waals surface area contributed by atoms with Gasteiger partial charge >= 0.3 is 0 Å². The van der Waals surface area contributed by atoms with E-state index in [0.717, 1.165) is 0 Å². The maximum atomic E-state index is 13.8. The third-order valence-electron chi connectivity index (χ3n) is 8.58. The Balaban J connectivity index is 1.60. The zero-order valence-corrected chi connectivity index (χ0v) is 24.3. The van der Waals surface area contributed by atoms with Gasteiger partial charge in [0.2, 0.25) is 11.7 Å². The van der Waals surface area contributed by atoms with Crippen molar-refractivity contribution in [3.63, 3.8) is 0 Å². The second-order valence-electron chi connectivity index (χ2n) is 11.4. The number of methoxy groups -OCH3 is 1. The van der Waals surface area contributed by atoms with Crippen LogP contribution in [0.5, 0.6) is 17.2 Å². The van der Waals surface area contributed by atoms with Crippen LogP contribution >= 0.6 is 0 Å². The molecule has 5 rings (SSSR count). The number of phenols is 2. The molecule has 43 heavy (non-hydrogen) atoms. The first-order valence-corrected chi connectivity index (χ1v) is 14.2. The Morgan fingerprint density at radius 3 is 2.47 bits per heavy atom. The zero-order chi connectivity index (χ0) is 31.4. The average molecular weight is 598 g/mol. The van der Waals surface area contributed by atoms with Crippen molar-refractivity contribution in [2.45, 2.75) is 89.1 Å². The van der Waals surface area contributed by atoms with Crippen molar-refractivity contribution < 1.29 is 53.8 Å². The summed E-state index contributed by atoms with van der Waals surface area (Å²) in [6.45, 7) is 4.61. The lowest BCUT2D eigenvalue weighted by molar-refractivity contribution is -0.249. The summed E-state index contributed by atoms with van der Waals surface area (Å²) >= 11 is 0. The molecule has 1 fully saturated rings. The maximum Gasteiger partial charge on any atom is 0.220 e. The molecule has 0 spiro atoms. The van der Waals surface area contributed by atoms with Crippen LogP contribution in [-0.2, 0) is 25.5 Å². The third-order valence-corrected chi connectivity index (χ3v) is 8.58. The Hall–Kier alpha value is -3.84. The highest BCUT2D eigenvalue weighted by atomic mass is 16.7. The molecule has 2 aliphatic carbocycles. The van der Waals surface area contributed by atoms with Gasteiger partial charge < -0.3 is 40.0 Å². The number of Topliss-reactive ketones (excluding diaryl/α,β-unsaturated/α-hetero) is 1. The van der Waals surface area contributed by atoms with E-state index < -0.39 is 82.6 Å². The van der Waals surface area contributed by atoms with Crippen molar-refractivity contribution in [2.24, 2.45) is 0 Å². The van der Waals surface area contributed by atoms with Crippen molar-refractivity contribution in [3.8, 4) is 17.2 Å². The van der Waals surface area contributed by atoms with Gasteiger partial charge in [0.1, 0.15) is 29.0 Å². The second kappa shape index (κ2) is 11.3. The monoisotopic (exact) mass is 597 g/mol. The van der Waals surface area contributed by atoms with Gasteiger partial charge in [-0.2, -0.15) is 0 Å². The number of ether oxygens (including phenoxy) is 3. The van der Waals surface area contributed by atoms with E-state index in [4.69, 9.17) is 14.2 Å². The molecule has 0 radical (unpaired) electrons. The summed E-state index contributed by atoms with van der Waals surface area (Å²) in [5.74, 6) is -3.58. The minimum Gasteiger partial charge on any atom is -0.507 e. The topological polar surface area (TPSA) is 189 Å². The number of ketones is 3. The molecule has 3 aliphatic rings. The number of amides is 1. The summed E-state index contributed by atoms with van der Waals surface area (Å²) in [5.41, 5.74) is -3.24. The lowest BCUT2D eigenvalue weighted by Crippen LogP contribution is -2.55. The van der Waals surface area contributed by atoms with E-state index in [9.17, 15) is 39.6 Å². The number of hydrogen-bond acceptors (Lipinski definition) is 11. The predicted molar refractivity (Wildman–Crippen MR) is 149 cm³/mol. The molecule has 12 heteroatoms. The normalized spacial score (nSPS) is 28.0. The van der Waals surface area contributed by atoms with Gasteiger partial charge in [0.15, 0.2) is 17.9 Å². The highest BCUT2D eigenvalue weighted by Gasteiger charge is 2.49. The number of phenolic OH excluding ortho intramolecular Hbond substituents is 2.